The van der Waals surface area contributed by atoms with Crippen LogP contribution in [0.25, 0.3) is 0 Å². The zero-order valence-corrected chi connectivity index (χ0v) is 20.2. The largest absolute Gasteiger partial charge is 0.299 e. The first-order valence-corrected chi connectivity index (χ1v) is 12.7. The second-order valence-electron chi connectivity index (χ2n) is 9.75. The molecule has 0 radical (unpaired) electrons. The summed E-state index contributed by atoms with van der Waals surface area (Å²) in [6, 6.07) is 8.75. The second-order valence-corrected chi connectivity index (χ2v) is 12.4. The fourth-order valence-electron chi connectivity index (χ4n) is 4.62. The van der Waals surface area contributed by atoms with Crippen molar-refractivity contribution in [3.63, 3.8) is 0 Å². The van der Waals surface area contributed by atoms with Gasteiger partial charge in [0, 0.05) is 22.4 Å². The van der Waals surface area contributed by atoms with Crippen LogP contribution in [0.2, 0.25) is 5.02 Å². The first-order chi connectivity index (χ1) is 14.9. The average Bonchev–Trinajstić information content (AvgIpc) is 2.73. The molecule has 0 heterocycles. The van der Waals surface area contributed by atoms with E-state index in [0.29, 0.717) is 24.3 Å². The van der Waals surface area contributed by atoms with E-state index in [0.717, 1.165) is 24.6 Å². The summed E-state index contributed by atoms with van der Waals surface area (Å²) in [4.78, 5) is 12.5. The van der Waals surface area contributed by atoms with E-state index in [9.17, 15) is 17.6 Å². The molecular formula is C25H29ClF2O3S. The highest BCUT2D eigenvalue weighted by molar-refractivity contribution is 7.92. The van der Waals surface area contributed by atoms with Gasteiger partial charge in [-0.05, 0) is 67.6 Å². The van der Waals surface area contributed by atoms with E-state index in [2.05, 4.69) is 0 Å². The minimum atomic E-state index is -4.08. The van der Waals surface area contributed by atoms with Gasteiger partial charge in [-0.2, -0.15) is 0 Å². The van der Waals surface area contributed by atoms with Crippen LogP contribution in [-0.2, 0) is 19.4 Å². The van der Waals surface area contributed by atoms with Gasteiger partial charge in [-0.3, -0.25) is 4.79 Å². The molecule has 2 aromatic rings. The maximum absolute atomic E-state index is 15.0. The topological polar surface area (TPSA) is 51.2 Å². The number of carbonyl (C=O) groups excluding carboxylic acids is 1. The van der Waals surface area contributed by atoms with E-state index in [4.69, 9.17) is 11.6 Å². The SMILES string of the molecule is CC(C)(C)C(=O)CCC1CCC[C@@](c2cc(F)ccc2F)(S(=O)(=O)c2ccc(Cl)cc2)C1. The van der Waals surface area contributed by atoms with Crippen LogP contribution < -0.4 is 0 Å². The van der Waals surface area contributed by atoms with Crippen molar-refractivity contribution in [2.75, 3.05) is 0 Å². The fraction of sp³-hybridized carbons (Fsp3) is 0.480. The van der Waals surface area contributed by atoms with E-state index in [1.165, 1.54) is 24.3 Å². The third-order valence-corrected chi connectivity index (χ3v) is 9.25. The summed E-state index contributed by atoms with van der Waals surface area (Å²) >= 11 is 5.94. The van der Waals surface area contributed by atoms with Crippen LogP contribution in [0.15, 0.2) is 47.4 Å². The van der Waals surface area contributed by atoms with Crippen LogP contribution in [0.4, 0.5) is 8.78 Å². The van der Waals surface area contributed by atoms with Gasteiger partial charge in [-0.1, -0.05) is 45.2 Å². The van der Waals surface area contributed by atoms with Gasteiger partial charge in [0.15, 0.2) is 9.84 Å². The van der Waals surface area contributed by atoms with E-state index in [1.807, 2.05) is 20.8 Å². The highest BCUT2D eigenvalue weighted by Gasteiger charge is 2.50. The van der Waals surface area contributed by atoms with E-state index < -0.39 is 31.6 Å². The Morgan fingerprint density at radius 1 is 1.12 bits per heavy atom. The van der Waals surface area contributed by atoms with Crippen molar-refractivity contribution in [3.05, 3.63) is 64.7 Å². The molecule has 1 fully saturated rings. The van der Waals surface area contributed by atoms with Gasteiger partial charge in [0.1, 0.15) is 22.2 Å². The molecule has 2 aromatic carbocycles. The summed E-state index contributed by atoms with van der Waals surface area (Å²) in [6.07, 6.45) is 2.45. The molecule has 2 atom stereocenters. The maximum Gasteiger partial charge on any atom is 0.188 e. The number of rotatable bonds is 6. The van der Waals surface area contributed by atoms with Gasteiger partial charge >= 0.3 is 0 Å². The molecule has 0 spiro atoms. The Morgan fingerprint density at radius 2 is 1.78 bits per heavy atom. The summed E-state index contributed by atoms with van der Waals surface area (Å²) in [5.74, 6) is -1.42. The lowest BCUT2D eigenvalue weighted by atomic mass is 9.74. The van der Waals surface area contributed by atoms with Crippen LogP contribution >= 0.6 is 11.6 Å². The maximum atomic E-state index is 15.0. The number of benzene rings is 2. The van der Waals surface area contributed by atoms with Crippen molar-refractivity contribution in [2.24, 2.45) is 11.3 Å². The molecule has 0 N–H and O–H groups in total. The smallest absolute Gasteiger partial charge is 0.188 e. The lowest BCUT2D eigenvalue weighted by Gasteiger charge is -2.41. The van der Waals surface area contributed by atoms with Crippen LogP contribution in [0, 0.1) is 23.0 Å². The number of hydrogen-bond donors (Lipinski definition) is 0. The first kappa shape index (κ1) is 24.8. The Morgan fingerprint density at radius 3 is 2.41 bits per heavy atom. The molecule has 0 amide bonds. The molecule has 174 valence electrons. The summed E-state index contributed by atoms with van der Waals surface area (Å²) in [5, 5.41) is 0.386. The van der Waals surface area contributed by atoms with Crippen LogP contribution in [0.1, 0.15) is 64.9 Å². The average molecular weight is 483 g/mol. The van der Waals surface area contributed by atoms with E-state index >= 15 is 4.39 Å². The van der Waals surface area contributed by atoms with Gasteiger partial charge < -0.3 is 0 Å². The van der Waals surface area contributed by atoms with Gasteiger partial charge in [0.2, 0.25) is 0 Å². The lowest BCUT2D eigenvalue weighted by molar-refractivity contribution is -0.126. The van der Waals surface area contributed by atoms with Crippen LogP contribution in [0.3, 0.4) is 0 Å². The number of halogens is 3. The monoisotopic (exact) mass is 482 g/mol. The highest BCUT2D eigenvalue weighted by Crippen LogP contribution is 2.50. The van der Waals surface area contributed by atoms with E-state index in [-0.39, 0.29) is 35.0 Å². The standard InChI is InChI=1S/C25H29ClF2O3S/c1-24(2,3)23(29)13-6-17-5-4-14-25(16-17,21-15-19(27)9-12-22(21)28)32(30,31)20-10-7-18(26)8-11-20/h7-12,15,17H,4-6,13-14,16H2,1-3H3/t17?,25-/m1/s1. The molecule has 0 aromatic heterocycles. The minimum absolute atomic E-state index is 0.0250. The van der Waals surface area contributed by atoms with Crippen molar-refractivity contribution in [1.82, 2.24) is 0 Å². The van der Waals surface area contributed by atoms with Crippen LogP contribution in [0.5, 0.6) is 0 Å². The van der Waals surface area contributed by atoms with Crippen molar-refractivity contribution < 1.29 is 22.0 Å². The molecular weight excluding hydrogens is 454 g/mol. The van der Waals surface area contributed by atoms with Gasteiger partial charge in [0.25, 0.3) is 0 Å². The third-order valence-electron chi connectivity index (χ3n) is 6.49. The zero-order valence-electron chi connectivity index (χ0n) is 18.6. The summed E-state index contributed by atoms with van der Waals surface area (Å²) in [7, 11) is -4.08. The highest BCUT2D eigenvalue weighted by atomic mass is 35.5. The first-order valence-electron chi connectivity index (χ1n) is 10.9. The Labute approximate surface area is 194 Å². The van der Waals surface area contributed by atoms with Crippen molar-refractivity contribution in [3.8, 4) is 0 Å². The zero-order chi connectivity index (χ0) is 23.7. The minimum Gasteiger partial charge on any atom is -0.299 e. The number of carbonyl (C=O) groups is 1. The molecule has 3 rings (SSSR count). The van der Waals surface area contributed by atoms with Crippen molar-refractivity contribution in [2.45, 2.75) is 68.9 Å². The van der Waals surface area contributed by atoms with E-state index in [1.54, 1.807) is 0 Å². The number of sulfone groups is 1. The predicted octanol–water partition coefficient (Wildman–Crippen LogP) is 6.87. The van der Waals surface area contributed by atoms with Gasteiger partial charge in [-0.25, -0.2) is 17.2 Å². The van der Waals surface area contributed by atoms with Crippen molar-refractivity contribution in [1.29, 1.82) is 0 Å². The second kappa shape index (κ2) is 9.22. The predicted molar refractivity (Wildman–Crippen MR) is 122 cm³/mol. The van der Waals surface area contributed by atoms with Gasteiger partial charge in [-0.15, -0.1) is 0 Å². The Kier molecular flexibility index (Phi) is 7.16. The summed E-state index contributed by atoms with van der Waals surface area (Å²) in [6.45, 7) is 5.56. The molecule has 32 heavy (non-hydrogen) atoms. The normalized spacial score (nSPS) is 22.0. The number of hydrogen-bond acceptors (Lipinski definition) is 3. The Hall–Kier alpha value is -1.79. The van der Waals surface area contributed by atoms with Gasteiger partial charge in [0.05, 0.1) is 4.90 Å². The number of ketones is 1. The third kappa shape index (κ3) is 4.91. The molecule has 7 heteroatoms. The molecule has 1 aliphatic carbocycles. The molecule has 1 unspecified atom stereocenters. The number of Topliss-reactive ketones (excluding diaryl/α,β-unsaturated/α-hetero) is 1. The summed E-state index contributed by atoms with van der Waals surface area (Å²) in [5.41, 5.74) is -0.616. The molecule has 1 aliphatic rings. The Bertz CT molecular complexity index is 1090. The molecule has 0 saturated heterocycles. The quantitative estimate of drug-likeness (QED) is 0.451. The molecule has 1 saturated carbocycles. The fourth-order valence-corrected chi connectivity index (χ4v) is 7.01. The molecule has 3 nitrogen and oxygen atoms in total. The summed E-state index contributed by atoms with van der Waals surface area (Å²) < 4.78 is 55.4. The molecule has 0 bridgehead atoms. The van der Waals surface area contributed by atoms with Crippen LogP contribution in [-0.4, -0.2) is 14.2 Å². The Balaban J connectivity index is 2.06. The lowest BCUT2D eigenvalue weighted by Crippen LogP contribution is -2.41. The van der Waals surface area contributed by atoms with Crippen molar-refractivity contribution >= 4 is 27.2 Å². The molecule has 0 aliphatic heterocycles.